The number of thiocarbonyl (C=S) groups is 1. The van der Waals surface area contributed by atoms with Gasteiger partial charge in [-0.1, -0.05) is 30.4 Å². The summed E-state index contributed by atoms with van der Waals surface area (Å²) in [7, 11) is 3.14. The summed E-state index contributed by atoms with van der Waals surface area (Å²) < 4.78 is 17.5. The molecule has 184 valence electrons. The first-order chi connectivity index (χ1) is 16.9. The number of thioether (sulfide) groups is 1. The van der Waals surface area contributed by atoms with Gasteiger partial charge in [-0.3, -0.25) is 14.5 Å². The van der Waals surface area contributed by atoms with E-state index in [0.717, 1.165) is 24.0 Å². The van der Waals surface area contributed by atoms with Gasteiger partial charge >= 0.3 is 5.97 Å². The van der Waals surface area contributed by atoms with Gasteiger partial charge in [-0.05, 0) is 61.3 Å². The lowest BCUT2D eigenvalue weighted by molar-refractivity contribution is -0.137. The van der Waals surface area contributed by atoms with Gasteiger partial charge in [0.1, 0.15) is 27.3 Å². The Kier molecular flexibility index (Phi) is 6.63. The summed E-state index contributed by atoms with van der Waals surface area (Å²) in [6, 6.07) is 7.41. The third-order valence-corrected chi connectivity index (χ3v) is 8.53. The van der Waals surface area contributed by atoms with E-state index in [0.29, 0.717) is 44.1 Å². The van der Waals surface area contributed by atoms with Crippen LogP contribution in [-0.4, -0.2) is 46.5 Å². The Morgan fingerprint density at radius 2 is 1.94 bits per heavy atom. The van der Waals surface area contributed by atoms with Gasteiger partial charge in [0.25, 0.3) is 5.91 Å². The molecule has 35 heavy (non-hydrogen) atoms. The summed E-state index contributed by atoms with van der Waals surface area (Å²) in [6.45, 7) is 0. The van der Waals surface area contributed by atoms with Crippen molar-refractivity contribution in [3.8, 4) is 22.8 Å². The minimum atomic E-state index is -0.899. The van der Waals surface area contributed by atoms with Crippen molar-refractivity contribution in [3.63, 3.8) is 0 Å². The number of methoxy groups -OCH3 is 2. The Bertz CT molecular complexity index is 1200. The smallest absolute Gasteiger partial charge is 0.303 e. The number of hydrogen-bond donors (Lipinski definition) is 1. The number of amides is 1. The lowest BCUT2D eigenvalue weighted by Gasteiger charge is -2.30. The van der Waals surface area contributed by atoms with Crippen molar-refractivity contribution < 1.29 is 28.6 Å². The summed E-state index contributed by atoms with van der Waals surface area (Å²) in [4.78, 5) is 27.0. The Balaban J connectivity index is 1.48. The van der Waals surface area contributed by atoms with E-state index in [1.165, 1.54) is 24.6 Å². The molecule has 1 saturated heterocycles. The van der Waals surface area contributed by atoms with Crippen molar-refractivity contribution in [2.75, 3.05) is 14.2 Å². The van der Waals surface area contributed by atoms with Crippen molar-refractivity contribution in [3.05, 3.63) is 40.5 Å². The maximum atomic E-state index is 13.4. The number of hydrogen-bond acceptors (Lipinski definition) is 7. The maximum Gasteiger partial charge on any atom is 0.303 e. The first-order valence-electron chi connectivity index (χ1n) is 11.7. The molecule has 1 amide bonds. The largest absolute Gasteiger partial charge is 0.497 e. The van der Waals surface area contributed by atoms with Crippen LogP contribution in [0.5, 0.6) is 11.5 Å². The molecule has 1 aliphatic heterocycles. The molecule has 0 spiro atoms. The van der Waals surface area contributed by atoms with E-state index in [-0.39, 0.29) is 24.8 Å². The average Bonchev–Trinajstić information content (AvgIpc) is 3.62. The van der Waals surface area contributed by atoms with Crippen LogP contribution in [0.4, 0.5) is 0 Å². The van der Waals surface area contributed by atoms with E-state index >= 15 is 0 Å². The van der Waals surface area contributed by atoms with Crippen molar-refractivity contribution in [2.24, 2.45) is 11.8 Å². The van der Waals surface area contributed by atoms with Crippen molar-refractivity contribution >= 4 is 46.3 Å². The number of furan rings is 1. The lowest BCUT2D eigenvalue weighted by Crippen LogP contribution is -2.41. The van der Waals surface area contributed by atoms with E-state index in [2.05, 4.69) is 0 Å². The number of aliphatic carboxylic acids is 1. The number of benzene rings is 1. The van der Waals surface area contributed by atoms with Crippen LogP contribution in [0.2, 0.25) is 0 Å². The predicted octanol–water partition coefficient (Wildman–Crippen LogP) is 5.37. The molecule has 2 aliphatic carbocycles. The third-order valence-electron chi connectivity index (χ3n) is 7.20. The van der Waals surface area contributed by atoms with Crippen LogP contribution in [0.1, 0.15) is 43.4 Å². The molecule has 0 radical (unpaired) electrons. The Labute approximate surface area is 213 Å². The van der Waals surface area contributed by atoms with Crippen LogP contribution in [0.15, 0.2) is 33.6 Å². The van der Waals surface area contributed by atoms with Crippen LogP contribution < -0.4 is 9.47 Å². The molecule has 2 heterocycles. The molecule has 1 aromatic carbocycles. The molecule has 1 N–H and O–H groups in total. The molecule has 2 saturated carbocycles. The number of carbonyl (C=O) groups is 2. The number of carbonyl (C=O) groups excluding carboxylic acids is 1. The van der Waals surface area contributed by atoms with Crippen LogP contribution in [0, 0.1) is 11.8 Å². The second-order valence-corrected chi connectivity index (χ2v) is 11.0. The van der Waals surface area contributed by atoms with E-state index < -0.39 is 5.97 Å². The summed E-state index contributed by atoms with van der Waals surface area (Å²) in [5.41, 5.74) is 1.45. The van der Waals surface area contributed by atoms with Crippen LogP contribution >= 0.6 is 24.0 Å². The Morgan fingerprint density at radius 1 is 1.20 bits per heavy atom. The van der Waals surface area contributed by atoms with E-state index in [1.54, 1.807) is 26.4 Å². The highest BCUT2D eigenvalue weighted by Crippen LogP contribution is 2.49. The monoisotopic (exact) mass is 513 g/mol. The minimum Gasteiger partial charge on any atom is -0.497 e. The molecule has 1 aromatic heterocycles. The molecule has 5 rings (SSSR count). The SMILES string of the molecule is COc1cc(OC)cc(-c2cc(CCC(=O)O)c(C=C3SC(=S)N(C4CC5CCC4C5)C3=O)o2)c1. The minimum absolute atomic E-state index is 0.0483. The highest BCUT2D eigenvalue weighted by atomic mass is 32.2. The summed E-state index contributed by atoms with van der Waals surface area (Å²) >= 11 is 6.90. The number of carboxylic acids is 1. The maximum absolute atomic E-state index is 13.4. The zero-order chi connectivity index (χ0) is 24.7. The third kappa shape index (κ3) is 4.71. The van der Waals surface area contributed by atoms with Crippen molar-refractivity contribution in [1.82, 2.24) is 4.90 Å². The van der Waals surface area contributed by atoms with Gasteiger partial charge in [0.05, 0.1) is 19.1 Å². The van der Waals surface area contributed by atoms with Gasteiger partial charge in [0.15, 0.2) is 0 Å². The quantitative estimate of drug-likeness (QED) is 0.372. The Morgan fingerprint density at radius 3 is 2.54 bits per heavy atom. The predicted molar refractivity (Wildman–Crippen MR) is 137 cm³/mol. The lowest BCUT2D eigenvalue weighted by atomic mass is 9.94. The van der Waals surface area contributed by atoms with Gasteiger partial charge in [0.2, 0.25) is 0 Å². The number of nitrogens with zero attached hydrogens (tertiary/aromatic N) is 1. The Hall–Kier alpha value is -2.78. The molecule has 3 fully saturated rings. The van der Waals surface area contributed by atoms with Crippen LogP contribution in [-0.2, 0) is 16.0 Å². The highest BCUT2D eigenvalue weighted by molar-refractivity contribution is 8.26. The van der Waals surface area contributed by atoms with Gasteiger partial charge in [-0.2, -0.15) is 0 Å². The number of carboxylic acid groups (broad SMARTS) is 1. The second-order valence-electron chi connectivity index (χ2n) is 9.29. The van der Waals surface area contributed by atoms with Crippen molar-refractivity contribution in [1.29, 1.82) is 0 Å². The molecule has 3 aliphatic rings. The van der Waals surface area contributed by atoms with E-state index in [4.69, 9.17) is 26.1 Å². The fourth-order valence-corrected chi connectivity index (χ4v) is 6.85. The number of ether oxygens (including phenoxy) is 2. The van der Waals surface area contributed by atoms with Gasteiger partial charge in [0, 0.05) is 30.2 Å². The molecule has 3 atom stereocenters. The van der Waals surface area contributed by atoms with Gasteiger partial charge < -0.3 is 19.0 Å². The second kappa shape index (κ2) is 9.70. The molecule has 9 heteroatoms. The molecule has 2 bridgehead atoms. The molecule has 3 unspecified atom stereocenters. The first kappa shape index (κ1) is 23.9. The van der Waals surface area contributed by atoms with Gasteiger partial charge in [-0.25, -0.2) is 0 Å². The molecular formula is C26H27NO6S2. The summed E-state index contributed by atoms with van der Waals surface area (Å²) in [5.74, 6) is 2.48. The standard InChI is InChI=1S/C26H27NO6S2/c1-31-18-9-17(10-19(12-18)32-2)21-11-16(5-6-24(28)29)22(33-21)13-23-25(30)27(26(34)35-23)20-8-14-3-4-15(20)7-14/h9-15,20H,3-8H2,1-2H3,(H,28,29). The topological polar surface area (TPSA) is 89.2 Å². The molecule has 2 aromatic rings. The van der Waals surface area contributed by atoms with Gasteiger partial charge in [-0.15, -0.1) is 0 Å². The highest BCUT2D eigenvalue weighted by Gasteiger charge is 2.48. The number of fused-ring (bicyclic) bond motifs is 2. The van der Waals surface area contributed by atoms with Crippen LogP contribution in [0.3, 0.4) is 0 Å². The fraction of sp³-hybridized carbons (Fsp3) is 0.423. The average molecular weight is 514 g/mol. The fourth-order valence-electron chi connectivity index (χ4n) is 5.51. The molecular weight excluding hydrogens is 486 g/mol. The van der Waals surface area contributed by atoms with E-state index in [1.807, 2.05) is 23.1 Å². The van der Waals surface area contributed by atoms with E-state index in [9.17, 15) is 14.7 Å². The zero-order valence-corrected chi connectivity index (χ0v) is 21.2. The number of aryl methyl sites for hydroxylation is 1. The zero-order valence-electron chi connectivity index (χ0n) is 19.6. The van der Waals surface area contributed by atoms with Crippen LogP contribution in [0.25, 0.3) is 17.4 Å². The first-order valence-corrected chi connectivity index (χ1v) is 12.9. The normalized spacial score (nSPS) is 24.6. The molecule has 7 nitrogen and oxygen atoms in total. The summed E-state index contributed by atoms with van der Waals surface area (Å²) in [5, 5.41) is 9.23. The number of rotatable bonds is 8. The summed E-state index contributed by atoms with van der Waals surface area (Å²) in [6.07, 6.45) is 6.57. The van der Waals surface area contributed by atoms with Crippen molar-refractivity contribution in [2.45, 2.75) is 44.6 Å².